The Morgan fingerprint density at radius 1 is 1.30 bits per heavy atom. The summed E-state index contributed by atoms with van der Waals surface area (Å²) in [5, 5.41) is 3.97. The van der Waals surface area contributed by atoms with Crippen LogP contribution in [0, 0.1) is 19.7 Å². The summed E-state index contributed by atoms with van der Waals surface area (Å²) in [5.74, 6) is 0.300. The predicted molar refractivity (Wildman–Crippen MR) is 99.3 cm³/mol. The molecule has 1 aromatic carbocycles. The van der Waals surface area contributed by atoms with E-state index in [9.17, 15) is 9.18 Å². The Labute approximate surface area is 156 Å². The van der Waals surface area contributed by atoms with Gasteiger partial charge in [-0.2, -0.15) is 5.10 Å². The fourth-order valence-electron chi connectivity index (χ4n) is 2.67. The molecule has 27 heavy (non-hydrogen) atoms. The number of carbonyl (C=O) groups excluding carboxylic acids is 1. The van der Waals surface area contributed by atoms with Crippen LogP contribution in [0.4, 0.5) is 4.39 Å². The van der Waals surface area contributed by atoms with Gasteiger partial charge in [-0.25, -0.2) is 9.82 Å². The highest BCUT2D eigenvalue weighted by Gasteiger charge is 2.09. The number of carbonyl (C=O) groups is 1. The molecule has 1 amide bonds. The number of benzene rings is 1. The maximum Gasteiger partial charge on any atom is 0.277 e. The Morgan fingerprint density at radius 3 is 2.89 bits per heavy atom. The molecule has 0 saturated carbocycles. The summed E-state index contributed by atoms with van der Waals surface area (Å²) in [7, 11) is 0. The maximum atomic E-state index is 13.1. The van der Waals surface area contributed by atoms with Crippen LogP contribution in [0.1, 0.15) is 22.7 Å². The third-order valence-corrected chi connectivity index (χ3v) is 4.07. The van der Waals surface area contributed by atoms with Crippen LogP contribution in [-0.2, 0) is 11.3 Å². The standard InChI is InChI=1S/C20H20FN3O3/c1-14-9-16(15(2)24(14)12-19-7-4-8-26-19)11-22-23-20(25)13-27-18-6-3-5-17(21)10-18/h3-11H,12-13H2,1-2H3,(H,23,25)/b22-11-. The lowest BCUT2D eigenvalue weighted by Gasteiger charge is -2.07. The van der Waals surface area contributed by atoms with E-state index < -0.39 is 11.7 Å². The fourth-order valence-corrected chi connectivity index (χ4v) is 2.67. The molecular formula is C20H20FN3O3. The first-order valence-electron chi connectivity index (χ1n) is 8.42. The van der Waals surface area contributed by atoms with Crippen molar-refractivity contribution in [1.29, 1.82) is 0 Å². The van der Waals surface area contributed by atoms with Crippen molar-refractivity contribution in [3.05, 3.63) is 77.3 Å². The van der Waals surface area contributed by atoms with Crippen molar-refractivity contribution in [1.82, 2.24) is 9.99 Å². The van der Waals surface area contributed by atoms with Gasteiger partial charge in [-0.1, -0.05) is 6.07 Å². The zero-order chi connectivity index (χ0) is 19.2. The highest BCUT2D eigenvalue weighted by atomic mass is 19.1. The Kier molecular flexibility index (Phi) is 5.71. The van der Waals surface area contributed by atoms with Crippen molar-refractivity contribution in [2.75, 3.05) is 6.61 Å². The van der Waals surface area contributed by atoms with E-state index >= 15 is 0 Å². The van der Waals surface area contributed by atoms with Gasteiger partial charge in [0, 0.05) is 23.0 Å². The third-order valence-electron chi connectivity index (χ3n) is 4.07. The Bertz CT molecular complexity index is 946. The number of nitrogens with one attached hydrogen (secondary N) is 1. The normalized spacial score (nSPS) is 11.1. The van der Waals surface area contributed by atoms with Gasteiger partial charge in [0.15, 0.2) is 6.61 Å². The number of nitrogens with zero attached hydrogens (tertiary/aromatic N) is 2. The molecule has 0 bridgehead atoms. The SMILES string of the molecule is Cc1cc(/C=N\NC(=O)COc2cccc(F)c2)c(C)n1Cc1ccco1. The molecule has 0 aliphatic rings. The molecule has 7 heteroatoms. The smallest absolute Gasteiger partial charge is 0.277 e. The molecule has 0 fully saturated rings. The molecule has 3 aromatic rings. The van der Waals surface area contributed by atoms with Crippen molar-refractivity contribution in [2.24, 2.45) is 5.10 Å². The van der Waals surface area contributed by atoms with E-state index in [-0.39, 0.29) is 12.4 Å². The molecule has 3 rings (SSSR count). The van der Waals surface area contributed by atoms with Gasteiger partial charge in [0.2, 0.25) is 0 Å². The van der Waals surface area contributed by atoms with Crippen LogP contribution in [0.15, 0.2) is 58.2 Å². The van der Waals surface area contributed by atoms with Crippen molar-refractivity contribution < 1.29 is 18.3 Å². The molecule has 2 aromatic heterocycles. The first-order chi connectivity index (χ1) is 13.0. The van der Waals surface area contributed by atoms with Crippen molar-refractivity contribution in [3.8, 4) is 5.75 Å². The number of rotatable bonds is 7. The number of hydrazone groups is 1. The van der Waals surface area contributed by atoms with Crippen LogP contribution in [0.2, 0.25) is 0 Å². The van der Waals surface area contributed by atoms with E-state index in [1.807, 2.05) is 32.0 Å². The highest BCUT2D eigenvalue weighted by Crippen LogP contribution is 2.16. The summed E-state index contributed by atoms with van der Waals surface area (Å²) >= 11 is 0. The van der Waals surface area contributed by atoms with Crippen LogP contribution < -0.4 is 10.2 Å². The largest absolute Gasteiger partial charge is 0.484 e. The number of aromatic nitrogens is 1. The Balaban J connectivity index is 1.55. The average molecular weight is 369 g/mol. The summed E-state index contributed by atoms with van der Waals surface area (Å²) in [6.45, 7) is 4.36. The van der Waals surface area contributed by atoms with E-state index in [1.54, 1.807) is 18.5 Å². The molecule has 0 aliphatic heterocycles. The van der Waals surface area contributed by atoms with E-state index in [0.717, 1.165) is 22.7 Å². The molecule has 1 N–H and O–H groups in total. The second-order valence-corrected chi connectivity index (χ2v) is 6.03. The van der Waals surface area contributed by atoms with Gasteiger partial charge < -0.3 is 13.7 Å². The Hall–Kier alpha value is -3.35. The predicted octanol–water partition coefficient (Wildman–Crippen LogP) is 3.41. The minimum Gasteiger partial charge on any atom is -0.484 e. The van der Waals surface area contributed by atoms with Crippen molar-refractivity contribution in [3.63, 3.8) is 0 Å². The monoisotopic (exact) mass is 369 g/mol. The lowest BCUT2D eigenvalue weighted by atomic mass is 10.3. The second kappa shape index (κ2) is 8.35. The number of amides is 1. The molecule has 0 unspecified atom stereocenters. The first kappa shape index (κ1) is 18.4. The summed E-state index contributed by atoms with van der Waals surface area (Å²) in [5.41, 5.74) is 5.37. The van der Waals surface area contributed by atoms with Gasteiger partial charge in [-0.15, -0.1) is 0 Å². The molecule has 0 radical (unpaired) electrons. The highest BCUT2D eigenvalue weighted by molar-refractivity contribution is 5.84. The molecule has 6 nitrogen and oxygen atoms in total. The number of ether oxygens (including phenoxy) is 1. The van der Waals surface area contributed by atoms with Crippen LogP contribution in [-0.4, -0.2) is 23.3 Å². The molecule has 2 heterocycles. The zero-order valence-corrected chi connectivity index (χ0v) is 15.1. The average Bonchev–Trinajstić information content (AvgIpc) is 3.24. The van der Waals surface area contributed by atoms with E-state index in [1.165, 1.54) is 18.2 Å². The topological polar surface area (TPSA) is 68.8 Å². The van der Waals surface area contributed by atoms with Gasteiger partial charge in [0.25, 0.3) is 5.91 Å². The summed E-state index contributed by atoms with van der Waals surface area (Å²) in [6, 6.07) is 11.4. The lowest BCUT2D eigenvalue weighted by Crippen LogP contribution is -2.24. The van der Waals surface area contributed by atoms with Gasteiger partial charge in [0.05, 0.1) is 19.0 Å². The summed E-state index contributed by atoms with van der Waals surface area (Å²) in [4.78, 5) is 11.8. The number of halogens is 1. The van der Waals surface area contributed by atoms with Crippen LogP contribution >= 0.6 is 0 Å². The first-order valence-corrected chi connectivity index (χ1v) is 8.42. The molecule has 0 aliphatic carbocycles. The zero-order valence-electron chi connectivity index (χ0n) is 15.1. The second-order valence-electron chi connectivity index (χ2n) is 6.03. The third kappa shape index (κ3) is 4.84. The number of hydrogen-bond acceptors (Lipinski definition) is 4. The van der Waals surface area contributed by atoms with Gasteiger partial charge in [-0.3, -0.25) is 4.79 Å². The van der Waals surface area contributed by atoms with Crippen LogP contribution in [0.3, 0.4) is 0 Å². The van der Waals surface area contributed by atoms with E-state index in [2.05, 4.69) is 15.1 Å². The molecule has 140 valence electrons. The van der Waals surface area contributed by atoms with Crippen molar-refractivity contribution >= 4 is 12.1 Å². The maximum absolute atomic E-state index is 13.1. The molecule has 0 atom stereocenters. The fraction of sp³-hybridized carbons (Fsp3) is 0.200. The Morgan fingerprint density at radius 2 is 2.15 bits per heavy atom. The van der Waals surface area contributed by atoms with Crippen LogP contribution in [0.25, 0.3) is 0 Å². The number of aryl methyl sites for hydroxylation is 1. The quantitative estimate of drug-likeness (QED) is 0.513. The van der Waals surface area contributed by atoms with Gasteiger partial charge in [0.1, 0.15) is 17.3 Å². The van der Waals surface area contributed by atoms with Gasteiger partial charge >= 0.3 is 0 Å². The van der Waals surface area contributed by atoms with Crippen molar-refractivity contribution in [2.45, 2.75) is 20.4 Å². The molecule has 0 saturated heterocycles. The number of hydrogen-bond donors (Lipinski definition) is 1. The molecule has 0 spiro atoms. The minimum atomic E-state index is -0.431. The van der Waals surface area contributed by atoms with E-state index in [0.29, 0.717) is 6.54 Å². The lowest BCUT2D eigenvalue weighted by molar-refractivity contribution is -0.123. The summed E-state index contributed by atoms with van der Waals surface area (Å²) in [6.07, 6.45) is 3.23. The van der Waals surface area contributed by atoms with Gasteiger partial charge in [-0.05, 0) is 44.2 Å². The number of furan rings is 1. The minimum absolute atomic E-state index is 0.252. The molecular weight excluding hydrogens is 349 g/mol. The summed E-state index contributed by atoms with van der Waals surface area (Å²) < 4.78 is 25.8. The van der Waals surface area contributed by atoms with Crippen LogP contribution in [0.5, 0.6) is 5.75 Å². The van der Waals surface area contributed by atoms with E-state index in [4.69, 9.17) is 9.15 Å².